The van der Waals surface area contributed by atoms with Crippen LogP contribution in [-0.4, -0.2) is 51.7 Å². The lowest BCUT2D eigenvalue weighted by molar-refractivity contribution is 0.102. The van der Waals surface area contributed by atoms with E-state index >= 15 is 0 Å². The number of nitrogens with zero attached hydrogens (tertiary/aromatic N) is 4. The fourth-order valence-electron chi connectivity index (χ4n) is 2.92. The first-order valence-electron chi connectivity index (χ1n) is 9.60. The molecule has 2 aromatic heterocycles. The summed E-state index contributed by atoms with van der Waals surface area (Å²) in [6.45, 7) is -0.485. The Hall–Kier alpha value is -3.44. The summed E-state index contributed by atoms with van der Waals surface area (Å²) < 4.78 is 24.4. The van der Waals surface area contributed by atoms with Crippen molar-refractivity contribution in [2.75, 3.05) is 23.0 Å². The zero-order valence-corrected chi connectivity index (χ0v) is 17.2. The van der Waals surface area contributed by atoms with Gasteiger partial charge in [-0.3, -0.25) is 4.79 Å². The highest BCUT2D eigenvalue weighted by Gasteiger charge is 2.28. The van der Waals surface area contributed by atoms with Crippen molar-refractivity contribution in [2.24, 2.45) is 0 Å². The van der Waals surface area contributed by atoms with Crippen LogP contribution in [0.15, 0.2) is 54.1 Å². The topological polar surface area (TPSA) is 147 Å². The molecule has 1 amide bonds. The molecule has 1 fully saturated rings. The number of anilines is 3. The number of nitrogens with one attached hydrogen (secondary N) is 2. The summed E-state index contributed by atoms with van der Waals surface area (Å²) in [6.07, 6.45) is 8.11. The Kier molecular flexibility index (Phi) is 5.87. The molecule has 0 saturated heterocycles. The van der Waals surface area contributed by atoms with Gasteiger partial charge in [0, 0.05) is 11.6 Å². The van der Waals surface area contributed by atoms with E-state index in [2.05, 4.69) is 30.6 Å². The van der Waals surface area contributed by atoms with Gasteiger partial charge >= 0.3 is 0 Å². The number of aliphatic hydroxyl groups is 1. The first-order chi connectivity index (χ1) is 15.0. The minimum absolute atomic E-state index is 0.0111. The molecular formula is C20H20N6O4S. The number of hydrogen-bond acceptors (Lipinski definition) is 9. The SMILES string of the molecule is O=C(Nc1cccc(S(=O)(=O)CCO)c1)c1nc(C2CC2)cnc1Nc1cncnc1. The number of aliphatic hydroxyl groups excluding tert-OH is 1. The summed E-state index contributed by atoms with van der Waals surface area (Å²) in [5, 5.41) is 14.7. The molecule has 1 aliphatic carbocycles. The quantitative estimate of drug-likeness (QED) is 0.478. The van der Waals surface area contributed by atoms with Crippen molar-refractivity contribution < 1.29 is 18.3 Å². The van der Waals surface area contributed by atoms with Crippen LogP contribution >= 0.6 is 0 Å². The second-order valence-electron chi connectivity index (χ2n) is 7.04. The third-order valence-corrected chi connectivity index (χ3v) is 6.33. The van der Waals surface area contributed by atoms with Gasteiger partial charge in [0.25, 0.3) is 5.91 Å². The van der Waals surface area contributed by atoms with Crippen LogP contribution in [-0.2, 0) is 9.84 Å². The van der Waals surface area contributed by atoms with Gasteiger partial charge in [-0.2, -0.15) is 0 Å². The number of aromatic nitrogens is 4. The fraction of sp³-hybridized carbons (Fsp3) is 0.250. The van der Waals surface area contributed by atoms with E-state index in [4.69, 9.17) is 5.11 Å². The van der Waals surface area contributed by atoms with Crippen LogP contribution in [0.4, 0.5) is 17.2 Å². The normalized spacial score (nSPS) is 13.6. The maximum absolute atomic E-state index is 13.0. The number of amides is 1. The number of carbonyl (C=O) groups excluding carboxylic acids is 1. The van der Waals surface area contributed by atoms with Crippen molar-refractivity contribution >= 4 is 32.9 Å². The molecule has 0 radical (unpaired) electrons. The summed E-state index contributed by atoms with van der Waals surface area (Å²) in [6, 6.07) is 5.86. The molecule has 3 N–H and O–H groups in total. The first kappa shape index (κ1) is 20.8. The second-order valence-corrected chi connectivity index (χ2v) is 9.15. The lowest BCUT2D eigenvalue weighted by atomic mass is 10.2. The lowest BCUT2D eigenvalue weighted by Gasteiger charge is -2.12. The Morgan fingerprint density at radius 1 is 1.13 bits per heavy atom. The van der Waals surface area contributed by atoms with E-state index in [1.165, 1.54) is 24.5 Å². The molecule has 160 valence electrons. The second kappa shape index (κ2) is 8.74. The third-order valence-electron chi connectivity index (χ3n) is 4.64. The van der Waals surface area contributed by atoms with Crippen molar-refractivity contribution in [3.05, 3.63) is 60.6 Å². The predicted molar refractivity (Wildman–Crippen MR) is 113 cm³/mol. The van der Waals surface area contributed by atoms with Crippen molar-refractivity contribution in [2.45, 2.75) is 23.7 Å². The zero-order chi connectivity index (χ0) is 21.8. The summed E-state index contributed by atoms with van der Waals surface area (Å²) >= 11 is 0. The first-order valence-corrected chi connectivity index (χ1v) is 11.3. The molecule has 1 aromatic carbocycles. The molecule has 11 heteroatoms. The molecule has 0 unspecified atom stereocenters. The van der Waals surface area contributed by atoms with E-state index < -0.39 is 28.1 Å². The van der Waals surface area contributed by atoms with E-state index in [0.717, 1.165) is 18.5 Å². The summed E-state index contributed by atoms with van der Waals surface area (Å²) in [7, 11) is -3.65. The number of sulfone groups is 1. The Morgan fingerprint density at radius 2 is 1.90 bits per heavy atom. The van der Waals surface area contributed by atoms with Gasteiger partial charge in [0.15, 0.2) is 21.3 Å². The molecule has 0 spiro atoms. The van der Waals surface area contributed by atoms with E-state index in [0.29, 0.717) is 11.6 Å². The molecule has 0 atom stereocenters. The molecule has 0 aliphatic heterocycles. The van der Waals surface area contributed by atoms with Gasteiger partial charge in [0.2, 0.25) is 0 Å². The molecular weight excluding hydrogens is 420 g/mol. The molecule has 0 bridgehead atoms. The largest absolute Gasteiger partial charge is 0.395 e. The Labute approximate surface area is 178 Å². The van der Waals surface area contributed by atoms with Gasteiger partial charge in [-0.25, -0.2) is 28.4 Å². The van der Waals surface area contributed by atoms with Crippen LogP contribution in [0.25, 0.3) is 0 Å². The van der Waals surface area contributed by atoms with Crippen LogP contribution in [0.1, 0.15) is 34.9 Å². The van der Waals surface area contributed by atoms with Crippen LogP contribution in [0.2, 0.25) is 0 Å². The molecule has 2 heterocycles. The summed E-state index contributed by atoms with van der Waals surface area (Å²) in [5.74, 6) is -0.404. The number of benzene rings is 1. The van der Waals surface area contributed by atoms with Gasteiger partial charge in [-0.15, -0.1) is 0 Å². The van der Waals surface area contributed by atoms with E-state index in [9.17, 15) is 13.2 Å². The average Bonchev–Trinajstić information content (AvgIpc) is 3.60. The van der Waals surface area contributed by atoms with E-state index in [1.807, 2.05) is 0 Å². The maximum atomic E-state index is 13.0. The zero-order valence-electron chi connectivity index (χ0n) is 16.4. The molecule has 31 heavy (non-hydrogen) atoms. The van der Waals surface area contributed by atoms with Crippen LogP contribution in [0.3, 0.4) is 0 Å². The lowest BCUT2D eigenvalue weighted by Crippen LogP contribution is -2.18. The minimum Gasteiger partial charge on any atom is -0.395 e. The fourth-order valence-corrected chi connectivity index (χ4v) is 3.99. The Bertz CT molecular complexity index is 1200. The maximum Gasteiger partial charge on any atom is 0.278 e. The van der Waals surface area contributed by atoms with E-state index in [1.54, 1.807) is 24.7 Å². The van der Waals surface area contributed by atoms with Gasteiger partial charge in [0.05, 0.1) is 47.2 Å². The van der Waals surface area contributed by atoms with Crippen molar-refractivity contribution in [3.63, 3.8) is 0 Å². The highest BCUT2D eigenvalue weighted by Crippen LogP contribution is 2.39. The monoisotopic (exact) mass is 440 g/mol. The van der Waals surface area contributed by atoms with Crippen LogP contribution in [0.5, 0.6) is 0 Å². The molecule has 10 nitrogen and oxygen atoms in total. The van der Waals surface area contributed by atoms with Gasteiger partial charge < -0.3 is 15.7 Å². The molecule has 1 saturated carbocycles. The van der Waals surface area contributed by atoms with Gasteiger partial charge in [0.1, 0.15) is 6.33 Å². The van der Waals surface area contributed by atoms with E-state index in [-0.39, 0.29) is 22.1 Å². The molecule has 4 rings (SSSR count). The smallest absolute Gasteiger partial charge is 0.278 e. The highest BCUT2D eigenvalue weighted by atomic mass is 32.2. The third kappa shape index (κ3) is 5.01. The molecule has 3 aromatic rings. The van der Waals surface area contributed by atoms with Crippen molar-refractivity contribution in [1.29, 1.82) is 0 Å². The standard InChI is InChI=1S/C20H20N6O4S/c27-6-7-31(29,30)16-3-1-2-14(8-16)25-20(28)18-19(24-15-9-21-12-22-10-15)23-11-17(26-18)13-4-5-13/h1-3,8-13,27H,4-7H2,(H,23,24)(H,25,28). The van der Waals surface area contributed by atoms with Gasteiger partial charge in [-0.05, 0) is 31.0 Å². The van der Waals surface area contributed by atoms with Crippen molar-refractivity contribution in [1.82, 2.24) is 19.9 Å². The van der Waals surface area contributed by atoms with Crippen molar-refractivity contribution in [3.8, 4) is 0 Å². The summed E-state index contributed by atoms with van der Waals surface area (Å²) in [5.41, 5.74) is 1.65. The van der Waals surface area contributed by atoms with Crippen LogP contribution < -0.4 is 10.6 Å². The highest BCUT2D eigenvalue weighted by molar-refractivity contribution is 7.91. The predicted octanol–water partition coefficient (Wildman–Crippen LogP) is 1.91. The number of rotatable bonds is 8. The Morgan fingerprint density at radius 3 is 2.61 bits per heavy atom. The number of carbonyl (C=O) groups is 1. The average molecular weight is 440 g/mol. The Balaban J connectivity index is 1.62. The van der Waals surface area contributed by atoms with Gasteiger partial charge in [-0.1, -0.05) is 6.07 Å². The molecule has 1 aliphatic rings. The summed E-state index contributed by atoms with van der Waals surface area (Å²) in [4.78, 5) is 29.8. The van der Waals surface area contributed by atoms with Crippen LogP contribution in [0, 0.1) is 0 Å². The number of hydrogen-bond donors (Lipinski definition) is 3. The minimum atomic E-state index is -3.65.